The second kappa shape index (κ2) is 8.19. The Labute approximate surface area is 170 Å². The third-order valence-electron chi connectivity index (χ3n) is 5.41. The van der Waals surface area contributed by atoms with Crippen molar-refractivity contribution in [1.82, 2.24) is 9.97 Å². The van der Waals surface area contributed by atoms with Crippen LogP contribution in [-0.4, -0.2) is 36.3 Å². The molecule has 1 aromatic heterocycles. The van der Waals surface area contributed by atoms with Crippen LogP contribution in [0.2, 0.25) is 0 Å². The number of nitrogens with one attached hydrogen (secondary N) is 1. The normalized spacial score (nSPS) is 16.1. The molecule has 0 amide bonds. The van der Waals surface area contributed by atoms with E-state index in [0.29, 0.717) is 26.4 Å². The third kappa shape index (κ3) is 3.81. The van der Waals surface area contributed by atoms with E-state index in [1.54, 1.807) is 0 Å². The number of hydrogen-bond acceptors (Lipinski definition) is 6. The number of aromatic nitrogens is 2. The van der Waals surface area contributed by atoms with E-state index in [1.165, 1.54) is 11.1 Å². The van der Waals surface area contributed by atoms with Gasteiger partial charge in [-0.15, -0.1) is 0 Å². The van der Waals surface area contributed by atoms with Crippen LogP contribution in [0, 0.1) is 0 Å². The first kappa shape index (κ1) is 18.1. The smallest absolute Gasteiger partial charge is 0.227 e. The Hall–Kier alpha value is -2.96. The fourth-order valence-electron chi connectivity index (χ4n) is 3.85. The second-order valence-electron chi connectivity index (χ2n) is 7.29. The van der Waals surface area contributed by atoms with Crippen molar-refractivity contribution in [3.63, 3.8) is 0 Å². The molecule has 5 rings (SSSR count). The Morgan fingerprint density at radius 1 is 0.793 bits per heavy atom. The summed E-state index contributed by atoms with van der Waals surface area (Å²) in [6, 6.07) is 20.9. The molecule has 2 aliphatic heterocycles. The SMILES string of the molecule is c1ccc(C(Nc2nc(N3CCOCC3)nc3c2COC3)c2ccccc2)cc1. The van der Waals surface area contributed by atoms with Gasteiger partial charge in [0.2, 0.25) is 5.95 Å². The average molecular weight is 388 g/mol. The van der Waals surface area contributed by atoms with Crippen LogP contribution in [-0.2, 0) is 22.7 Å². The first-order valence-electron chi connectivity index (χ1n) is 10.0. The first-order valence-corrected chi connectivity index (χ1v) is 10.0. The monoisotopic (exact) mass is 388 g/mol. The van der Waals surface area contributed by atoms with Gasteiger partial charge in [0.05, 0.1) is 38.2 Å². The molecule has 0 radical (unpaired) electrons. The van der Waals surface area contributed by atoms with Gasteiger partial charge >= 0.3 is 0 Å². The third-order valence-corrected chi connectivity index (χ3v) is 5.41. The number of fused-ring (bicyclic) bond motifs is 1. The summed E-state index contributed by atoms with van der Waals surface area (Å²) in [5.74, 6) is 1.60. The molecule has 1 N–H and O–H groups in total. The van der Waals surface area contributed by atoms with Gasteiger partial charge in [-0.3, -0.25) is 0 Å². The van der Waals surface area contributed by atoms with E-state index < -0.39 is 0 Å². The van der Waals surface area contributed by atoms with E-state index in [9.17, 15) is 0 Å². The molecule has 3 aromatic rings. The van der Waals surface area contributed by atoms with Crippen molar-refractivity contribution in [2.45, 2.75) is 19.3 Å². The fourth-order valence-corrected chi connectivity index (χ4v) is 3.85. The summed E-state index contributed by atoms with van der Waals surface area (Å²) < 4.78 is 11.2. The summed E-state index contributed by atoms with van der Waals surface area (Å²) >= 11 is 0. The number of nitrogens with zero attached hydrogens (tertiary/aromatic N) is 3. The highest BCUT2D eigenvalue weighted by Gasteiger charge is 2.25. The largest absolute Gasteiger partial charge is 0.378 e. The Morgan fingerprint density at radius 2 is 1.45 bits per heavy atom. The molecule has 3 heterocycles. The summed E-state index contributed by atoms with van der Waals surface area (Å²) in [5, 5.41) is 3.70. The molecule has 2 aromatic carbocycles. The van der Waals surface area contributed by atoms with Gasteiger partial charge in [0.15, 0.2) is 0 Å². The minimum absolute atomic E-state index is 0.00506. The van der Waals surface area contributed by atoms with Crippen molar-refractivity contribution in [1.29, 1.82) is 0 Å². The van der Waals surface area contributed by atoms with Crippen LogP contribution in [0.3, 0.4) is 0 Å². The predicted molar refractivity (Wildman–Crippen MR) is 112 cm³/mol. The molecule has 0 unspecified atom stereocenters. The van der Waals surface area contributed by atoms with Crippen LogP contribution in [0.1, 0.15) is 28.4 Å². The lowest BCUT2D eigenvalue weighted by Gasteiger charge is -2.28. The molecule has 6 nitrogen and oxygen atoms in total. The van der Waals surface area contributed by atoms with Crippen LogP contribution in [0.4, 0.5) is 11.8 Å². The number of anilines is 2. The van der Waals surface area contributed by atoms with E-state index in [0.717, 1.165) is 36.1 Å². The predicted octanol–water partition coefficient (Wildman–Crippen LogP) is 3.54. The molecule has 0 atom stereocenters. The van der Waals surface area contributed by atoms with Gasteiger partial charge in [0.1, 0.15) is 5.82 Å². The maximum atomic E-state index is 5.71. The number of ether oxygens (including phenoxy) is 2. The van der Waals surface area contributed by atoms with Gasteiger partial charge in [-0.2, -0.15) is 4.98 Å². The number of morpholine rings is 1. The van der Waals surface area contributed by atoms with E-state index in [2.05, 4.69) is 58.7 Å². The van der Waals surface area contributed by atoms with Crippen molar-refractivity contribution in [2.24, 2.45) is 0 Å². The lowest BCUT2D eigenvalue weighted by Crippen LogP contribution is -2.37. The van der Waals surface area contributed by atoms with Crippen molar-refractivity contribution in [3.8, 4) is 0 Å². The van der Waals surface area contributed by atoms with Crippen LogP contribution < -0.4 is 10.2 Å². The van der Waals surface area contributed by atoms with Crippen LogP contribution in [0.25, 0.3) is 0 Å². The number of rotatable bonds is 5. The molecular formula is C23H24N4O2. The zero-order valence-corrected chi connectivity index (χ0v) is 16.3. The summed E-state index contributed by atoms with van der Waals surface area (Å²) in [6.45, 7) is 4.09. The van der Waals surface area contributed by atoms with Gasteiger partial charge in [-0.05, 0) is 11.1 Å². The minimum atomic E-state index is -0.00506. The Bertz CT molecular complexity index is 920. The van der Waals surface area contributed by atoms with Gasteiger partial charge in [-0.1, -0.05) is 60.7 Å². The highest BCUT2D eigenvalue weighted by atomic mass is 16.5. The molecule has 0 spiro atoms. The molecule has 0 aliphatic carbocycles. The van der Waals surface area contributed by atoms with Crippen LogP contribution in [0.15, 0.2) is 60.7 Å². The molecule has 1 fully saturated rings. The highest BCUT2D eigenvalue weighted by Crippen LogP contribution is 2.32. The van der Waals surface area contributed by atoms with Crippen molar-refractivity contribution < 1.29 is 9.47 Å². The van der Waals surface area contributed by atoms with Gasteiger partial charge in [0, 0.05) is 18.7 Å². The second-order valence-corrected chi connectivity index (χ2v) is 7.29. The molecular weight excluding hydrogens is 364 g/mol. The highest BCUT2D eigenvalue weighted by molar-refractivity contribution is 5.55. The van der Waals surface area contributed by atoms with E-state index >= 15 is 0 Å². The lowest BCUT2D eigenvalue weighted by atomic mass is 9.98. The standard InChI is InChI=1S/C23H24N4O2/c1-3-7-17(8-4-1)21(18-9-5-2-6-10-18)25-22-19-15-29-16-20(19)24-23(26-22)27-11-13-28-14-12-27/h1-10,21H,11-16H2,(H,24,25,26). The molecule has 2 aliphatic rings. The van der Waals surface area contributed by atoms with Gasteiger partial charge < -0.3 is 19.7 Å². The van der Waals surface area contributed by atoms with Crippen molar-refractivity contribution in [2.75, 3.05) is 36.5 Å². The topological polar surface area (TPSA) is 59.5 Å². The lowest BCUT2D eigenvalue weighted by molar-refractivity contribution is 0.122. The number of benzene rings is 2. The molecule has 29 heavy (non-hydrogen) atoms. The Kier molecular flexibility index (Phi) is 5.11. The molecule has 148 valence electrons. The fraction of sp³-hybridized carbons (Fsp3) is 0.304. The summed E-state index contributed by atoms with van der Waals surface area (Å²) in [5.41, 5.74) is 4.42. The first-order chi connectivity index (χ1) is 14.4. The Morgan fingerprint density at radius 3 is 2.10 bits per heavy atom. The molecule has 0 saturated carbocycles. The van der Waals surface area contributed by atoms with Gasteiger partial charge in [0.25, 0.3) is 0 Å². The maximum absolute atomic E-state index is 5.71. The summed E-state index contributed by atoms with van der Waals surface area (Å²) in [7, 11) is 0. The van der Waals surface area contributed by atoms with Crippen molar-refractivity contribution >= 4 is 11.8 Å². The molecule has 1 saturated heterocycles. The van der Waals surface area contributed by atoms with Crippen LogP contribution >= 0.6 is 0 Å². The quantitative estimate of drug-likeness (QED) is 0.721. The summed E-state index contributed by atoms with van der Waals surface area (Å²) in [4.78, 5) is 11.9. The van der Waals surface area contributed by atoms with Crippen LogP contribution in [0.5, 0.6) is 0 Å². The van der Waals surface area contributed by atoms with E-state index in [-0.39, 0.29) is 6.04 Å². The van der Waals surface area contributed by atoms with E-state index in [4.69, 9.17) is 19.4 Å². The van der Waals surface area contributed by atoms with E-state index in [1.807, 2.05) is 12.1 Å². The Balaban J connectivity index is 1.54. The van der Waals surface area contributed by atoms with Gasteiger partial charge in [-0.25, -0.2) is 4.98 Å². The minimum Gasteiger partial charge on any atom is -0.378 e. The zero-order valence-electron chi connectivity index (χ0n) is 16.3. The number of hydrogen-bond donors (Lipinski definition) is 1. The maximum Gasteiger partial charge on any atom is 0.227 e. The molecule has 6 heteroatoms. The van der Waals surface area contributed by atoms with Crippen molar-refractivity contribution in [3.05, 3.63) is 83.0 Å². The molecule has 0 bridgehead atoms. The summed E-state index contributed by atoms with van der Waals surface area (Å²) in [6.07, 6.45) is 0. The average Bonchev–Trinajstić information content (AvgIpc) is 3.28. The zero-order chi connectivity index (χ0) is 19.5.